The predicted octanol–water partition coefficient (Wildman–Crippen LogP) is 10.8. The predicted molar refractivity (Wildman–Crippen MR) is 467 cm³/mol. The first-order valence-corrected chi connectivity index (χ1v) is 40.0. The van der Waals surface area contributed by atoms with E-state index in [4.69, 9.17) is 31.9 Å². The second kappa shape index (κ2) is 41.5. The summed E-state index contributed by atoms with van der Waals surface area (Å²) < 4.78 is 5.90. The van der Waals surface area contributed by atoms with Gasteiger partial charge in [0.1, 0.15) is 40.8 Å². The van der Waals surface area contributed by atoms with Crippen LogP contribution in [0.15, 0.2) is 147 Å². The second-order valence-corrected chi connectivity index (χ2v) is 29.5. The van der Waals surface area contributed by atoms with E-state index in [1.807, 2.05) is 147 Å². The van der Waals surface area contributed by atoms with Crippen LogP contribution >= 0.6 is 0 Å². The summed E-state index contributed by atoms with van der Waals surface area (Å²) in [5.74, 6) is 4.02. The van der Waals surface area contributed by atoms with Crippen molar-refractivity contribution in [1.29, 1.82) is 0 Å². The Morgan fingerprint density at radius 1 is 0.478 bits per heavy atom. The van der Waals surface area contributed by atoms with Crippen LogP contribution in [-0.4, -0.2) is 244 Å². The number of benzene rings is 6. The first-order chi connectivity index (χ1) is 55.2. The van der Waals surface area contributed by atoms with Crippen LogP contribution in [0, 0.1) is 0 Å². The van der Waals surface area contributed by atoms with E-state index in [0.29, 0.717) is 49.1 Å². The van der Waals surface area contributed by atoms with Crippen LogP contribution in [0.3, 0.4) is 0 Å². The Kier molecular flexibility index (Phi) is 31.5. The van der Waals surface area contributed by atoms with Crippen molar-refractivity contribution < 1.29 is 34.4 Å². The maximum atomic E-state index is 10.8. The number of aromatic hydroxyl groups is 3. The van der Waals surface area contributed by atoms with Gasteiger partial charge in [0.15, 0.2) is 0 Å². The number of hydrogen-bond acceptors (Lipinski definition) is 24. The van der Waals surface area contributed by atoms with Crippen LogP contribution in [0.4, 0.5) is 46.4 Å². The van der Waals surface area contributed by atoms with Crippen molar-refractivity contribution in [3.8, 4) is 23.3 Å². The molecule has 3 aromatic heterocycles. The number of aromatic nitrogens is 6. The molecule has 9 N–H and O–H groups in total. The molecule has 0 aliphatic carbocycles. The zero-order valence-corrected chi connectivity index (χ0v) is 69.5. The molecule has 115 heavy (non-hydrogen) atoms. The topological polar surface area (TPSA) is 312 Å². The van der Waals surface area contributed by atoms with E-state index in [1.54, 1.807) is 20.8 Å². The van der Waals surface area contributed by atoms with Crippen LogP contribution in [0.2, 0.25) is 0 Å². The van der Waals surface area contributed by atoms with Gasteiger partial charge < -0.3 is 91.2 Å². The Morgan fingerprint density at radius 3 is 1.16 bits per heavy atom. The number of hydrogen-bond donors (Lipinski definition) is 6. The number of rotatable bonds is 19. The molecule has 14 rings (SSSR count). The second-order valence-electron chi connectivity index (χ2n) is 29.5. The molecule has 1 unspecified atom stereocenters. The molecule has 8 heterocycles. The molecule has 0 spiro atoms. The summed E-state index contributed by atoms with van der Waals surface area (Å²) in [4.78, 5) is 83.5. The first-order valence-electron chi connectivity index (χ1n) is 40.0. The minimum atomic E-state index is -0.0443. The number of likely N-dealkylation sites (N-methyl/N-ethyl adjacent to an activating group) is 6. The number of phenolic OH excluding ortho intramolecular Hbond substituents is 3. The standard InChI is InChI=1S/C23H28N6O.C22H26N6O.C22H27N5O2.3C7H13NO/c1-27(2)16-7-9-29(13-16)23-25-20-14-28(10-8-19(20)22(24)26-23)21-12-17(30)11-15-5-3-4-6-18(15)21;1-26-8-10-27(11-9-26)22-24-19-14-28(7-6-18(19)21(23)25-22)20-13-16(29)12-15-4-2-3-5-17(15)20;1-14(12-26(2)3)29-22-24-19-13-27(9-8-18(19)21(23)25-22)20-11-16(28)10-15-6-4-5-7-17(15)20;3*1-4-7(9)8(5-2)6-3/h3-6,11-12,16,30H,7-10,13-14H2,1-2H3,(H2,24,25,26);2-5,12-13,29H,6-11,14H2,1H3,(H2,23,24,25);4-7,10-11,14,28H,8-9,12-13H2,1-3H3,(H2,23,24,25);3*4H,1,5-6H2,2-3H3/t;;14-;;;/m..0.../s1. The Bertz CT molecular complexity index is 4740. The fourth-order valence-corrected chi connectivity index (χ4v) is 15.0. The molecule has 614 valence electrons. The van der Waals surface area contributed by atoms with Crippen molar-refractivity contribution in [1.82, 2.24) is 59.3 Å². The monoisotopic (exact) mass is 1570 g/mol. The molecule has 27 heteroatoms. The zero-order valence-electron chi connectivity index (χ0n) is 69.5. The summed E-state index contributed by atoms with van der Waals surface area (Å²) >= 11 is 0. The van der Waals surface area contributed by atoms with Crippen LogP contribution in [0.1, 0.15) is 88.7 Å². The number of nitrogen functional groups attached to an aromatic ring is 3. The average Bonchev–Trinajstić information content (AvgIpc) is 0.952. The summed E-state index contributed by atoms with van der Waals surface area (Å²) in [5.41, 5.74) is 27.9. The quantitative estimate of drug-likeness (QED) is 0.0410. The molecule has 27 nitrogen and oxygen atoms in total. The van der Waals surface area contributed by atoms with Crippen LogP contribution in [0.5, 0.6) is 23.3 Å². The molecular weight excluding hydrogens is 1450 g/mol. The summed E-state index contributed by atoms with van der Waals surface area (Å²) in [5, 5.41) is 37.1. The van der Waals surface area contributed by atoms with E-state index >= 15 is 0 Å². The highest BCUT2D eigenvalue weighted by molar-refractivity contribution is 5.98. The molecule has 5 aliphatic heterocycles. The van der Waals surface area contributed by atoms with Crippen molar-refractivity contribution in [3.63, 3.8) is 0 Å². The lowest BCUT2D eigenvalue weighted by molar-refractivity contribution is -0.126. The SMILES string of the molecule is C=CC(=O)N(CC)CC.C=CC(=O)N(CC)CC.C=CC(=O)N(CC)CC.CN(C)C1CCN(c2nc(N)c3c(n2)CN(c2cc(O)cc4ccccc24)CC3)C1.CN1CCN(c2nc(N)c3c(n2)CN(c2cc(O)cc4ccccc24)CC3)CC1.C[C@@H](CN(C)C)Oc1nc(N)c2c(n1)CN(c1cc(O)cc3ccccc13)CC2. The third kappa shape index (κ3) is 22.7. The Balaban J connectivity index is 0.000000170. The van der Waals surface area contributed by atoms with E-state index in [0.717, 1.165) is 225 Å². The number of phenols is 3. The van der Waals surface area contributed by atoms with Gasteiger partial charge in [-0.25, -0.2) is 9.97 Å². The van der Waals surface area contributed by atoms with Gasteiger partial charge in [-0.05, 0) is 162 Å². The minimum absolute atomic E-state index is 0.0139. The first kappa shape index (κ1) is 87.4. The van der Waals surface area contributed by atoms with Crippen LogP contribution < -0.4 is 46.4 Å². The largest absolute Gasteiger partial charge is 0.508 e. The van der Waals surface area contributed by atoms with E-state index in [2.05, 4.69) is 118 Å². The number of fused-ring (bicyclic) bond motifs is 6. The van der Waals surface area contributed by atoms with Gasteiger partial charge in [-0.15, -0.1) is 0 Å². The molecule has 3 amide bonds. The summed E-state index contributed by atoms with van der Waals surface area (Å²) in [6, 6.07) is 36.1. The smallest absolute Gasteiger partial charge is 0.318 e. The fraction of sp³-hybridized carbons (Fsp3) is 0.420. The molecule has 5 aliphatic rings. The molecule has 0 saturated carbocycles. The highest BCUT2D eigenvalue weighted by atomic mass is 16.5. The fourth-order valence-electron chi connectivity index (χ4n) is 15.0. The Hall–Kier alpha value is -11.6. The number of nitrogens with two attached hydrogens (primary N) is 3. The van der Waals surface area contributed by atoms with Crippen molar-refractivity contribution >= 4 is 96.5 Å². The molecule has 9 aromatic rings. The average molecular weight is 1570 g/mol. The van der Waals surface area contributed by atoms with Gasteiger partial charge in [0, 0.05) is 179 Å². The number of anilines is 8. The minimum Gasteiger partial charge on any atom is -0.508 e. The maximum Gasteiger partial charge on any atom is 0.318 e. The van der Waals surface area contributed by atoms with Crippen molar-refractivity contribution in [2.24, 2.45) is 0 Å². The lowest BCUT2D eigenvalue weighted by Crippen LogP contribution is -2.45. The van der Waals surface area contributed by atoms with Crippen molar-refractivity contribution in [2.75, 3.05) is 182 Å². The Labute approximate surface area is 678 Å². The van der Waals surface area contributed by atoms with Crippen LogP contribution in [0.25, 0.3) is 32.3 Å². The van der Waals surface area contributed by atoms with Crippen LogP contribution in [-0.2, 0) is 53.3 Å². The number of nitrogens with zero attached hydrogens (tertiary/aromatic N) is 17. The van der Waals surface area contributed by atoms with E-state index in [1.165, 1.54) is 18.2 Å². The number of ether oxygens (including phenoxy) is 1. The lowest BCUT2D eigenvalue weighted by Gasteiger charge is -2.35. The third-order valence-corrected chi connectivity index (χ3v) is 21.4. The number of piperazine rings is 1. The Morgan fingerprint density at radius 2 is 0.826 bits per heavy atom. The molecule has 0 bridgehead atoms. The third-order valence-electron chi connectivity index (χ3n) is 21.4. The van der Waals surface area contributed by atoms with Gasteiger partial charge in [-0.3, -0.25) is 14.4 Å². The molecule has 0 radical (unpaired) electrons. The highest BCUT2D eigenvalue weighted by Gasteiger charge is 2.31. The summed E-state index contributed by atoms with van der Waals surface area (Å²) in [6.45, 7) is 39.2. The molecule has 2 fully saturated rings. The van der Waals surface area contributed by atoms with Gasteiger partial charge in [0.05, 0.1) is 36.7 Å². The molecule has 6 aromatic carbocycles. The normalized spacial score (nSPS) is 15.1. The van der Waals surface area contributed by atoms with E-state index in [9.17, 15) is 29.7 Å². The number of carbonyl (C=O) groups is 3. The van der Waals surface area contributed by atoms with Gasteiger partial charge >= 0.3 is 6.01 Å². The van der Waals surface area contributed by atoms with E-state index in [-0.39, 0.29) is 41.1 Å². The highest BCUT2D eigenvalue weighted by Crippen LogP contribution is 2.39. The molecular formula is C88H120N20O7. The van der Waals surface area contributed by atoms with Crippen molar-refractivity contribution in [3.05, 3.63) is 181 Å². The summed E-state index contributed by atoms with van der Waals surface area (Å²) in [6.07, 6.45) is 7.43. The number of carbonyl (C=O) groups excluding carboxylic acids is 3. The van der Waals surface area contributed by atoms with Crippen molar-refractivity contribution in [2.45, 2.75) is 106 Å². The number of amides is 3. The molecule has 2 atom stereocenters. The lowest BCUT2D eigenvalue weighted by atomic mass is 10.0. The van der Waals surface area contributed by atoms with Gasteiger partial charge in [0.2, 0.25) is 29.6 Å². The maximum absolute atomic E-state index is 10.8. The zero-order chi connectivity index (χ0) is 83.2. The summed E-state index contributed by atoms with van der Waals surface area (Å²) in [7, 11) is 10.4. The van der Waals surface area contributed by atoms with Gasteiger partial charge in [-0.2, -0.15) is 19.9 Å². The van der Waals surface area contributed by atoms with E-state index < -0.39 is 0 Å². The molecule has 2 saturated heterocycles. The van der Waals surface area contributed by atoms with Gasteiger partial charge in [0.25, 0.3) is 0 Å². The van der Waals surface area contributed by atoms with Gasteiger partial charge in [-0.1, -0.05) is 92.5 Å².